The maximum absolute atomic E-state index is 12.7. The molecule has 0 radical (unpaired) electrons. The zero-order valence-corrected chi connectivity index (χ0v) is 15.7. The molecule has 144 valence electrons. The number of likely N-dealkylation sites (tertiary alicyclic amines) is 2. The number of ether oxygens (including phenoxy) is 1. The van der Waals surface area contributed by atoms with E-state index in [1.807, 2.05) is 0 Å². The summed E-state index contributed by atoms with van der Waals surface area (Å²) >= 11 is 0. The van der Waals surface area contributed by atoms with E-state index in [0.29, 0.717) is 11.8 Å². The minimum absolute atomic E-state index is 0.0443. The molecule has 0 aromatic heterocycles. The van der Waals surface area contributed by atoms with Gasteiger partial charge in [0.1, 0.15) is 0 Å². The SMILES string of the molecule is CN1CCC([C@H]2OCC[C@@H]2C(=O)NCC2CCN(CCO)CC2)CC1. The number of nitrogens with one attached hydrogen (secondary N) is 1. The minimum atomic E-state index is 0.0443. The van der Waals surface area contributed by atoms with Crippen molar-refractivity contribution in [2.75, 3.05) is 59.5 Å². The van der Waals surface area contributed by atoms with Crippen LogP contribution in [-0.2, 0) is 9.53 Å². The summed E-state index contributed by atoms with van der Waals surface area (Å²) in [5, 5.41) is 12.2. The van der Waals surface area contributed by atoms with Crippen molar-refractivity contribution in [3.8, 4) is 0 Å². The molecule has 3 aliphatic rings. The van der Waals surface area contributed by atoms with Crippen molar-refractivity contribution in [2.24, 2.45) is 17.8 Å². The fourth-order valence-corrected chi connectivity index (χ4v) is 4.65. The average molecular weight is 354 g/mol. The van der Waals surface area contributed by atoms with Crippen molar-refractivity contribution in [3.05, 3.63) is 0 Å². The van der Waals surface area contributed by atoms with E-state index < -0.39 is 0 Å². The quantitative estimate of drug-likeness (QED) is 0.730. The first kappa shape index (κ1) is 19.1. The molecule has 3 heterocycles. The fourth-order valence-electron chi connectivity index (χ4n) is 4.65. The number of amides is 1. The summed E-state index contributed by atoms with van der Waals surface area (Å²) < 4.78 is 5.98. The highest BCUT2D eigenvalue weighted by atomic mass is 16.5. The topological polar surface area (TPSA) is 65.0 Å². The molecule has 0 aromatic carbocycles. The van der Waals surface area contributed by atoms with Crippen molar-refractivity contribution in [1.29, 1.82) is 0 Å². The lowest BCUT2D eigenvalue weighted by Crippen LogP contribution is -2.44. The van der Waals surface area contributed by atoms with Gasteiger partial charge in [0, 0.05) is 19.7 Å². The lowest BCUT2D eigenvalue weighted by atomic mass is 9.84. The van der Waals surface area contributed by atoms with Crippen LogP contribution in [0.4, 0.5) is 0 Å². The first-order valence-corrected chi connectivity index (χ1v) is 10.1. The van der Waals surface area contributed by atoms with E-state index in [-0.39, 0.29) is 24.5 Å². The molecule has 2 atom stereocenters. The van der Waals surface area contributed by atoms with Gasteiger partial charge in [-0.3, -0.25) is 4.79 Å². The number of hydrogen-bond acceptors (Lipinski definition) is 5. The zero-order chi connectivity index (χ0) is 17.6. The maximum Gasteiger partial charge on any atom is 0.225 e. The number of carbonyl (C=O) groups excluding carboxylic acids is 1. The number of aliphatic hydroxyl groups excluding tert-OH is 1. The van der Waals surface area contributed by atoms with Gasteiger partial charge in [0.25, 0.3) is 0 Å². The molecule has 2 N–H and O–H groups in total. The Morgan fingerprint density at radius 3 is 2.52 bits per heavy atom. The molecule has 0 spiro atoms. The Balaban J connectivity index is 1.41. The summed E-state index contributed by atoms with van der Waals surface area (Å²) in [5.74, 6) is 1.36. The smallest absolute Gasteiger partial charge is 0.225 e. The van der Waals surface area contributed by atoms with E-state index in [0.717, 1.165) is 78.0 Å². The van der Waals surface area contributed by atoms with Crippen LogP contribution < -0.4 is 5.32 Å². The highest BCUT2D eigenvalue weighted by Gasteiger charge is 2.40. The molecule has 6 heteroatoms. The maximum atomic E-state index is 12.7. The Hall–Kier alpha value is -0.690. The summed E-state index contributed by atoms with van der Waals surface area (Å²) in [7, 11) is 2.17. The number of piperidine rings is 2. The highest BCUT2D eigenvalue weighted by molar-refractivity contribution is 5.79. The molecule has 0 bridgehead atoms. The van der Waals surface area contributed by atoms with Gasteiger partial charge in [0.05, 0.1) is 18.6 Å². The van der Waals surface area contributed by atoms with Crippen LogP contribution >= 0.6 is 0 Å². The van der Waals surface area contributed by atoms with Crippen LogP contribution in [0.5, 0.6) is 0 Å². The number of β-amino-alcohol motifs (C(OH)–C–C–N with tert-alkyl or cyclic N) is 1. The third kappa shape index (κ3) is 5.16. The van der Waals surface area contributed by atoms with Crippen LogP contribution in [0.15, 0.2) is 0 Å². The molecule has 0 aromatic rings. The van der Waals surface area contributed by atoms with Gasteiger partial charge in [-0.05, 0) is 77.2 Å². The number of nitrogens with zero attached hydrogens (tertiary/aromatic N) is 2. The number of carbonyl (C=O) groups is 1. The Labute approximate surface area is 151 Å². The molecule has 0 aliphatic carbocycles. The van der Waals surface area contributed by atoms with E-state index in [9.17, 15) is 4.79 Å². The van der Waals surface area contributed by atoms with Crippen LogP contribution in [-0.4, -0.2) is 86.4 Å². The molecule has 25 heavy (non-hydrogen) atoms. The van der Waals surface area contributed by atoms with Gasteiger partial charge in [-0.15, -0.1) is 0 Å². The number of aliphatic hydroxyl groups is 1. The van der Waals surface area contributed by atoms with Gasteiger partial charge in [-0.1, -0.05) is 0 Å². The molecule has 6 nitrogen and oxygen atoms in total. The second-order valence-corrected chi connectivity index (χ2v) is 8.13. The second kappa shape index (κ2) is 9.31. The van der Waals surface area contributed by atoms with Gasteiger partial charge < -0.3 is 25.0 Å². The zero-order valence-electron chi connectivity index (χ0n) is 15.7. The van der Waals surface area contributed by atoms with E-state index in [4.69, 9.17) is 9.84 Å². The lowest BCUT2D eigenvalue weighted by molar-refractivity contribution is -0.128. The minimum Gasteiger partial charge on any atom is -0.395 e. The van der Waals surface area contributed by atoms with E-state index in [1.165, 1.54) is 0 Å². The van der Waals surface area contributed by atoms with Gasteiger partial charge in [0.2, 0.25) is 5.91 Å². The van der Waals surface area contributed by atoms with E-state index in [1.54, 1.807) is 0 Å². The largest absolute Gasteiger partial charge is 0.395 e. The second-order valence-electron chi connectivity index (χ2n) is 8.13. The predicted molar refractivity (Wildman–Crippen MR) is 97.3 cm³/mol. The third-order valence-corrected chi connectivity index (χ3v) is 6.39. The van der Waals surface area contributed by atoms with Crippen molar-refractivity contribution in [3.63, 3.8) is 0 Å². The van der Waals surface area contributed by atoms with Crippen molar-refractivity contribution in [2.45, 2.75) is 38.2 Å². The van der Waals surface area contributed by atoms with Crippen LogP contribution in [0.1, 0.15) is 32.1 Å². The van der Waals surface area contributed by atoms with Gasteiger partial charge in [-0.2, -0.15) is 0 Å². The normalized spacial score (nSPS) is 30.6. The molecule has 3 rings (SSSR count). The Morgan fingerprint density at radius 1 is 1.12 bits per heavy atom. The summed E-state index contributed by atoms with van der Waals surface area (Å²) in [6.45, 7) is 6.84. The monoisotopic (exact) mass is 353 g/mol. The first-order valence-electron chi connectivity index (χ1n) is 10.1. The first-order chi connectivity index (χ1) is 12.2. The molecule has 3 aliphatic heterocycles. The van der Waals surface area contributed by atoms with Gasteiger partial charge in [0.15, 0.2) is 0 Å². The molecule has 1 amide bonds. The van der Waals surface area contributed by atoms with Crippen molar-refractivity contribution >= 4 is 5.91 Å². The van der Waals surface area contributed by atoms with Crippen LogP contribution in [0.3, 0.4) is 0 Å². The summed E-state index contributed by atoms with van der Waals surface area (Å²) in [5.41, 5.74) is 0. The summed E-state index contributed by atoms with van der Waals surface area (Å²) in [6.07, 6.45) is 5.51. The number of rotatable bonds is 6. The van der Waals surface area contributed by atoms with Crippen molar-refractivity contribution in [1.82, 2.24) is 15.1 Å². The fraction of sp³-hybridized carbons (Fsp3) is 0.947. The standard InChI is InChI=1S/C19H35N3O3/c1-21-7-4-16(5-8-21)18-17(6-13-25-18)19(24)20-14-15-2-9-22(10-3-15)11-12-23/h15-18,23H,2-14H2,1H3,(H,20,24)/t17-,18+/m0/s1. The molecule has 3 fully saturated rings. The summed E-state index contributed by atoms with van der Waals surface area (Å²) in [4.78, 5) is 17.4. The highest BCUT2D eigenvalue weighted by Crippen LogP contribution is 2.33. The van der Waals surface area contributed by atoms with E-state index in [2.05, 4.69) is 22.2 Å². The molecular weight excluding hydrogens is 318 g/mol. The summed E-state index contributed by atoms with van der Waals surface area (Å²) in [6, 6.07) is 0. The van der Waals surface area contributed by atoms with Crippen LogP contribution in [0, 0.1) is 17.8 Å². The van der Waals surface area contributed by atoms with Gasteiger partial charge >= 0.3 is 0 Å². The van der Waals surface area contributed by atoms with E-state index >= 15 is 0 Å². The van der Waals surface area contributed by atoms with Crippen LogP contribution in [0.25, 0.3) is 0 Å². The van der Waals surface area contributed by atoms with Crippen molar-refractivity contribution < 1.29 is 14.6 Å². The number of hydrogen-bond donors (Lipinski definition) is 2. The molecular formula is C19H35N3O3. The Kier molecular flexibility index (Phi) is 7.10. The lowest BCUT2D eigenvalue weighted by Gasteiger charge is -2.34. The Bertz CT molecular complexity index is 418. The molecule has 0 unspecified atom stereocenters. The average Bonchev–Trinajstić information content (AvgIpc) is 3.11. The predicted octanol–water partition coefficient (Wildman–Crippen LogP) is 0.554. The van der Waals surface area contributed by atoms with Crippen LogP contribution in [0.2, 0.25) is 0 Å². The third-order valence-electron chi connectivity index (χ3n) is 6.39. The molecule has 3 saturated heterocycles. The Morgan fingerprint density at radius 2 is 1.84 bits per heavy atom. The molecule has 0 saturated carbocycles. The van der Waals surface area contributed by atoms with Gasteiger partial charge in [-0.25, -0.2) is 0 Å².